The van der Waals surface area contributed by atoms with Crippen molar-refractivity contribution in [2.75, 3.05) is 24.3 Å². The number of methoxy groups -OCH3 is 1. The van der Waals surface area contributed by atoms with Gasteiger partial charge in [0.1, 0.15) is 5.75 Å². The number of nitrogens with zero attached hydrogens (tertiary/aromatic N) is 2. The van der Waals surface area contributed by atoms with Gasteiger partial charge < -0.3 is 10.1 Å². The third kappa shape index (κ3) is 5.25. The smallest absolute Gasteiger partial charge is 0.246 e. The van der Waals surface area contributed by atoms with Crippen LogP contribution in [0.4, 0.5) is 11.6 Å². The van der Waals surface area contributed by atoms with Gasteiger partial charge in [-0.05, 0) is 18.2 Å². The van der Waals surface area contributed by atoms with Gasteiger partial charge in [-0.1, -0.05) is 66.7 Å². The van der Waals surface area contributed by atoms with E-state index in [1.807, 2.05) is 91.0 Å². The van der Waals surface area contributed by atoms with E-state index in [9.17, 15) is 4.79 Å². The van der Waals surface area contributed by atoms with Crippen molar-refractivity contribution in [3.05, 3.63) is 91.0 Å². The van der Waals surface area contributed by atoms with Crippen LogP contribution in [0.5, 0.6) is 5.75 Å². The second kappa shape index (κ2) is 9.54. The first-order valence-electron chi connectivity index (χ1n) is 9.89. The molecule has 6 nitrogen and oxygen atoms in total. The molecule has 0 spiro atoms. The highest BCUT2D eigenvalue weighted by Gasteiger charge is 2.11. The summed E-state index contributed by atoms with van der Waals surface area (Å²) in [6.07, 6.45) is 0. The molecule has 4 aromatic rings. The van der Waals surface area contributed by atoms with Crippen molar-refractivity contribution >= 4 is 17.5 Å². The third-order valence-corrected chi connectivity index (χ3v) is 4.64. The molecule has 0 fully saturated rings. The third-order valence-electron chi connectivity index (χ3n) is 4.64. The van der Waals surface area contributed by atoms with Gasteiger partial charge in [0, 0.05) is 22.9 Å². The summed E-state index contributed by atoms with van der Waals surface area (Å²) < 4.78 is 5.21. The molecule has 0 saturated carbocycles. The maximum absolute atomic E-state index is 12.6. The zero-order chi connectivity index (χ0) is 21.5. The Morgan fingerprint density at radius 2 is 1.42 bits per heavy atom. The molecule has 0 aliphatic rings. The van der Waals surface area contributed by atoms with Crippen LogP contribution < -0.4 is 15.4 Å². The first-order chi connectivity index (χ1) is 15.2. The van der Waals surface area contributed by atoms with E-state index < -0.39 is 0 Å². The minimum Gasteiger partial charge on any atom is -0.497 e. The molecule has 0 bridgehead atoms. The average Bonchev–Trinajstić information content (AvgIpc) is 2.84. The van der Waals surface area contributed by atoms with Crippen LogP contribution in [-0.4, -0.2) is 29.5 Å². The summed E-state index contributed by atoms with van der Waals surface area (Å²) in [6, 6.07) is 29.0. The first-order valence-corrected chi connectivity index (χ1v) is 9.89. The van der Waals surface area contributed by atoms with Gasteiger partial charge in [0.25, 0.3) is 0 Å². The molecule has 3 aromatic carbocycles. The fraction of sp³-hybridized carbons (Fsp3) is 0.0800. The summed E-state index contributed by atoms with van der Waals surface area (Å²) in [4.78, 5) is 21.7. The van der Waals surface area contributed by atoms with E-state index in [1.165, 1.54) is 0 Å². The summed E-state index contributed by atoms with van der Waals surface area (Å²) >= 11 is 0. The van der Waals surface area contributed by atoms with Gasteiger partial charge in [-0.2, -0.15) is 0 Å². The standard InChI is InChI=1S/C25H22N4O2/c1-31-21-14-8-13-20(15-21)26-17-24(30)29-25-27-22(18-9-4-2-5-10-18)16-23(28-25)19-11-6-3-7-12-19/h2-16,26H,17H2,1H3,(H,27,28,29,30). The molecule has 1 heterocycles. The van der Waals surface area contributed by atoms with E-state index in [0.29, 0.717) is 0 Å². The lowest BCUT2D eigenvalue weighted by Gasteiger charge is -2.11. The summed E-state index contributed by atoms with van der Waals surface area (Å²) in [5.74, 6) is 0.737. The molecule has 0 aliphatic heterocycles. The van der Waals surface area contributed by atoms with Gasteiger partial charge in [-0.15, -0.1) is 0 Å². The first kappa shape index (κ1) is 20.1. The molecule has 0 atom stereocenters. The number of aromatic nitrogens is 2. The Kier molecular flexibility index (Phi) is 6.18. The lowest BCUT2D eigenvalue weighted by Crippen LogP contribution is -2.23. The van der Waals surface area contributed by atoms with Crippen LogP contribution >= 0.6 is 0 Å². The average molecular weight is 410 g/mol. The number of ether oxygens (including phenoxy) is 1. The quantitative estimate of drug-likeness (QED) is 0.455. The number of carbonyl (C=O) groups is 1. The van der Waals surface area contributed by atoms with Crippen molar-refractivity contribution in [3.8, 4) is 28.3 Å². The Morgan fingerprint density at radius 3 is 2.00 bits per heavy atom. The van der Waals surface area contributed by atoms with E-state index in [1.54, 1.807) is 7.11 Å². The predicted octanol–water partition coefficient (Wildman–Crippen LogP) is 4.87. The number of hydrogen-bond donors (Lipinski definition) is 2. The molecule has 0 unspecified atom stereocenters. The van der Waals surface area contributed by atoms with Gasteiger partial charge in [-0.3, -0.25) is 10.1 Å². The van der Waals surface area contributed by atoms with Gasteiger partial charge in [0.2, 0.25) is 11.9 Å². The Morgan fingerprint density at radius 1 is 0.806 bits per heavy atom. The fourth-order valence-electron chi connectivity index (χ4n) is 3.10. The number of rotatable bonds is 7. The predicted molar refractivity (Wildman–Crippen MR) is 123 cm³/mol. The lowest BCUT2D eigenvalue weighted by atomic mass is 10.1. The molecule has 0 aliphatic carbocycles. The molecule has 0 radical (unpaired) electrons. The topological polar surface area (TPSA) is 76.1 Å². The summed E-state index contributed by atoms with van der Waals surface area (Å²) in [7, 11) is 1.60. The number of benzene rings is 3. The number of hydrogen-bond acceptors (Lipinski definition) is 5. The minimum atomic E-state index is -0.243. The molecular weight excluding hydrogens is 388 g/mol. The van der Waals surface area contributed by atoms with Gasteiger partial charge in [0.05, 0.1) is 25.0 Å². The molecular formula is C25H22N4O2. The van der Waals surface area contributed by atoms with E-state index in [2.05, 4.69) is 20.6 Å². The normalized spacial score (nSPS) is 10.4. The van der Waals surface area contributed by atoms with Gasteiger partial charge in [-0.25, -0.2) is 9.97 Å². The van der Waals surface area contributed by atoms with E-state index in [-0.39, 0.29) is 18.4 Å². The summed E-state index contributed by atoms with van der Waals surface area (Å²) in [6.45, 7) is 0.0762. The monoisotopic (exact) mass is 410 g/mol. The lowest BCUT2D eigenvalue weighted by molar-refractivity contribution is -0.114. The van der Waals surface area contributed by atoms with Crippen molar-refractivity contribution in [3.63, 3.8) is 0 Å². The van der Waals surface area contributed by atoms with Crippen LogP contribution in [0, 0.1) is 0 Å². The molecule has 2 N–H and O–H groups in total. The van der Waals surface area contributed by atoms with Gasteiger partial charge >= 0.3 is 0 Å². The van der Waals surface area contributed by atoms with Crippen molar-refractivity contribution in [2.45, 2.75) is 0 Å². The molecule has 6 heteroatoms. The molecule has 154 valence electrons. The molecule has 1 amide bonds. The number of anilines is 2. The van der Waals surface area contributed by atoms with Crippen LogP contribution in [0.15, 0.2) is 91.0 Å². The SMILES string of the molecule is COc1cccc(NCC(=O)Nc2nc(-c3ccccc3)cc(-c3ccccc3)n2)c1. The van der Waals surface area contributed by atoms with Crippen molar-refractivity contribution < 1.29 is 9.53 Å². The highest BCUT2D eigenvalue weighted by Crippen LogP contribution is 2.25. The van der Waals surface area contributed by atoms with Crippen molar-refractivity contribution in [2.24, 2.45) is 0 Å². The van der Waals surface area contributed by atoms with Crippen molar-refractivity contribution in [1.82, 2.24) is 9.97 Å². The largest absolute Gasteiger partial charge is 0.497 e. The van der Waals surface area contributed by atoms with Crippen LogP contribution in [0.2, 0.25) is 0 Å². The minimum absolute atomic E-state index is 0.0762. The molecule has 0 saturated heterocycles. The zero-order valence-corrected chi connectivity index (χ0v) is 17.1. The Hall–Kier alpha value is -4.19. The number of amides is 1. The van der Waals surface area contributed by atoms with Crippen LogP contribution in [0.3, 0.4) is 0 Å². The number of nitrogens with one attached hydrogen (secondary N) is 2. The second-order valence-corrected chi connectivity index (χ2v) is 6.83. The fourth-order valence-corrected chi connectivity index (χ4v) is 3.10. The number of carbonyl (C=O) groups excluding carboxylic acids is 1. The maximum Gasteiger partial charge on any atom is 0.246 e. The van der Waals surface area contributed by atoms with Crippen LogP contribution in [0.25, 0.3) is 22.5 Å². The van der Waals surface area contributed by atoms with E-state index in [0.717, 1.165) is 34.0 Å². The van der Waals surface area contributed by atoms with Gasteiger partial charge in [0.15, 0.2) is 0 Å². The summed E-state index contributed by atoms with van der Waals surface area (Å²) in [5.41, 5.74) is 4.17. The summed E-state index contributed by atoms with van der Waals surface area (Å²) in [5, 5.41) is 5.89. The van der Waals surface area contributed by atoms with E-state index >= 15 is 0 Å². The Bertz CT molecular complexity index is 1110. The Balaban J connectivity index is 1.56. The van der Waals surface area contributed by atoms with Crippen LogP contribution in [0.1, 0.15) is 0 Å². The zero-order valence-electron chi connectivity index (χ0n) is 17.1. The highest BCUT2D eigenvalue weighted by molar-refractivity contribution is 5.92. The molecule has 1 aromatic heterocycles. The van der Waals surface area contributed by atoms with Crippen LogP contribution in [-0.2, 0) is 4.79 Å². The molecule has 4 rings (SSSR count). The maximum atomic E-state index is 12.6. The van der Waals surface area contributed by atoms with Crippen molar-refractivity contribution in [1.29, 1.82) is 0 Å². The Labute approximate surface area is 181 Å². The second-order valence-electron chi connectivity index (χ2n) is 6.83. The molecule has 31 heavy (non-hydrogen) atoms. The highest BCUT2D eigenvalue weighted by atomic mass is 16.5. The van der Waals surface area contributed by atoms with E-state index in [4.69, 9.17) is 4.74 Å².